The molecule has 1 aliphatic carbocycles. The summed E-state index contributed by atoms with van der Waals surface area (Å²) >= 11 is 0. The molecule has 1 heterocycles. The van der Waals surface area contributed by atoms with Gasteiger partial charge in [0.1, 0.15) is 0 Å². The number of rotatable bonds is 7. The highest BCUT2D eigenvalue weighted by Gasteiger charge is 2.51. The number of anilines is 1. The van der Waals surface area contributed by atoms with Crippen molar-refractivity contribution in [1.82, 2.24) is 4.72 Å². The summed E-state index contributed by atoms with van der Waals surface area (Å²) in [4.78, 5) is 13.5. The van der Waals surface area contributed by atoms with Gasteiger partial charge in [0, 0.05) is 13.7 Å². The van der Waals surface area contributed by atoms with Gasteiger partial charge in [0.2, 0.25) is 22.7 Å². The van der Waals surface area contributed by atoms with Gasteiger partial charge in [-0.2, -0.15) is 0 Å². The number of benzene rings is 3. The maximum absolute atomic E-state index is 13.3. The van der Waals surface area contributed by atoms with E-state index in [1.807, 2.05) is 43.3 Å². The number of carbonyl (C=O) groups is 1. The molecule has 34 heavy (non-hydrogen) atoms. The zero-order valence-corrected chi connectivity index (χ0v) is 19.9. The predicted molar refractivity (Wildman–Crippen MR) is 132 cm³/mol. The Labute approximate surface area is 200 Å². The van der Waals surface area contributed by atoms with Gasteiger partial charge >= 0.3 is 0 Å². The fourth-order valence-corrected chi connectivity index (χ4v) is 5.36. The molecule has 5 rings (SSSR count). The van der Waals surface area contributed by atoms with E-state index in [4.69, 9.17) is 9.47 Å². The highest BCUT2D eigenvalue weighted by molar-refractivity contribution is 7.89. The molecule has 0 spiro atoms. The number of fused-ring (bicyclic) bond motifs is 1. The molecular formula is C26H28N2O5S. The molecule has 1 fully saturated rings. The lowest BCUT2D eigenvalue weighted by molar-refractivity contribution is -0.118. The number of aryl methyl sites for hydroxylation is 1. The lowest BCUT2D eigenvalue weighted by atomic mass is 9.94. The molecule has 178 valence electrons. The first-order chi connectivity index (χ1) is 16.3. The zero-order chi connectivity index (χ0) is 23.9. The molecule has 7 nitrogen and oxygen atoms in total. The van der Waals surface area contributed by atoms with E-state index in [9.17, 15) is 13.2 Å². The number of hydrogen-bond acceptors (Lipinski definition) is 5. The van der Waals surface area contributed by atoms with Gasteiger partial charge in [0.05, 0.1) is 10.3 Å². The van der Waals surface area contributed by atoms with Crippen molar-refractivity contribution in [2.75, 3.05) is 18.7 Å². The van der Waals surface area contributed by atoms with Crippen molar-refractivity contribution < 1.29 is 24.1 Å². The van der Waals surface area contributed by atoms with E-state index in [-0.39, 0.29) is 19.0 Å². The molecule has 3 aromatic carbocycles. The third-order valence-electron chi connectivity index (χ3n) is 6.42. The van der Waals surface area contributed by atoms with Crippen molar-refractivity contribution in [2.24, 2.45) is 0 Å². The van der Waals surface area contributed by atoms with E-state index < -0.39 is 15.4 Å². The van der Waals surface area contributed by atoms with Crippen LogP contribution in [0.25, 0.3) is 11.1 Å². The summed E-state index contributed by atoms with van der Waals surface area (Å²) in [6.07, 6.45) is 1.55. The summed E-state index contributed by atoms with van der Waals surface area (Å²) in [5, 5.41) is 3.08. The number of sulfonamides is 1. The lowest BCUT2D eigenvalue weighted by Crippen LogP contribution is -2.27. The molecule has 1 aliphatic heterocycles. The van der Waals surface area contributed by atoms with Crippen molar-refractivity contribution >= 4 is 21.6 Å². The van der Waals surface area contributed by atoms with Crippen molar-refractivity contribution in [3.05, 3.63) is 71.8 Å². The molecule has 0 atom stereocenters. The van der Waals surface area contributed by atoms with Gasteiger partial charge in [-0.25, -0.2) is 13.1 Å². The molecule has 0 saturated heterocycles. The maximum Gasteiger partial charge on any atom is 0.240 e. The fourth-order valence-electron chi connectivity index (χ4n) is 4.31. The third-order valence-corrected chi connectivity index (χ3v) is 7.98. The second-order valence-corrected chi connectivity index (χ2v) is 10.4. The largest absolute Gasteiger partial charge is 0.454 e. The number of nitrogens with one attached hydrogen (secondary N) is 2. The van der Waals surface area contributed by atoms with E-state index in [1.54, 1.807) is 31.2 Å². The number of carbonyl (C=O) groups excluding carboxylic acids is 1. The molecule has 3 aromatic rings. The van der Waals surface area contributed by atoms with Crippen molar-refractivity contribution in [1.29, 1.82) is 0 Å². The maximum atomic E-state index is 13.3. The first-order valence-corrected chi connectivity index (χ1v) is 12.7. The molecule has 8 heteroatoms. The Balaban J connectivity index is 0.00000289. The van der Waals surface area contributed by atoms with Crippen LogP contribution < -0.4 is 19.5 Å². The molecule has 1 saturated carbocycles. The van der Waals surface area contributed by atoms with Crippen LogP contribution in [-0.2, 0) is 20.2 Å². The summed E-state index contributed by atoms with van der Waals surface area (Å²) in [6, 6.07) is 18.2. The van der Waals surface area contributed by atoms with Gasteiger partial charge in [-0.15, -0.1) is 0 Å². The molecule has 0 aromatic heterocycles. The van der Waals surface area contributed by atoms with Gasteiger partial charge < -0.3 is 14.8 Å². The minimum absolute atomic E-state index is 0. The van der Waals surface area contributed by atoms with Crippen LogP contribution >= 0.6 is 0 Å². The standard InChI is InChI=1S/C26H26N2O5S.H2/c1-3-27-34(30,31)21-9-5-18(6-10-21)22-15-20(8-4-17(22)2)28-25(29)26(12-13-26)19-7-11-23-24(14-19)33-16-32-23;/h4-11,14-15,27H,3,12-13,16H2,1-2H3,(H,28,29);1H. The summed E-state index contributed by atoms with van der Waals surface area (Å²) in [5.74, 6) is 1.33. The number of hydrogen-bond donors (Lipinski definition) is 2. The highest BCUT2D eigenvalue weighted by atomic mass is 32.2. The van der Waals surface area contributed by atoms with E-state index in [1.165, 1.54) is 0 Å². The Hall–Kier alpha value is -3.36. The second-order valence-electron chi connectivity index (χ2n) is 8.66. The monoisotopic (exact) mass is 480 g/mol. The van der Waals surface area contributed by atoms with Crippen LogP contribution in [0.5, 0.6) is 11.5 Å². The number of amides is 1. The minimum Gasteiger partial charge on any atom is -0.454 e. The van der Waals surface area contributed by atoms with Gasteiger partial charge in [0.15, 0.2) is 11.5 Å². The van der Waals surface area contributed by atoms with E-state index in [0.29, 0.717) is 23.7 Å². The van der Waals surface area contributed by atoms with Crippen LogP contribution in [0.2, 0.25) is 0 Å². The minimum atomic E-state index is -3.51. The topological polar surface area (TPSA) is 93.7 Å². The Morgan fingerprint density at radius 1 is 1.00 bits per heavy atom. The molecule has 1 amide bonds. The second kappa shape index (κ2) is 8.45. The van der Waals surface area contributed by atoms with Gasteiger partial charge in [-0.05, 0) is 78.4 Å². The quantitative estimate of drug-likeness (QED) is 0.515. The summed E-state index contributed by atoms with van der Waals surface area (Å²) in [7, 11) is -3.51. The summed E-state index contributed by atoms with van der Waals surface area (Å²) in [5.41, 5.74) is 3.89. The predicted octanol–water partition coefficient (Wildman–Crippen LogP) is 4.61. The van der Waals surface area contributed by atoms with Gasteiger partial charge in [-0.1, -0.05) is 31.2 Å². The average molecular weight is 481 g/mol. The first kappa shape index (κ1) is 22.4. The van der Waals surface area contributed by atoms with Gasteiger partial charge in [0.25, 0.3) is 0 Å². The Bertz CT molecular complexity index is 1370. The van der Waals surface area contributed by atoms with Crippen molar-refractivity contribution in [3.63, 3.8) is 0 Å². The Morgan fingerprint density at radius 3 is 2.44 bits per heavy atom. The lowest BCUT2D eigenvalue weighted by Gasteiger charge is -2.17. The van der Waals surface area contributed by atoms with Gasteiger partial charge in [-0.3, -0.25) is 4.79 Å². The van der Waals surface area contributed by atoms with Crippen LogP contribution in [0.15, 0.2) is 65.6 Å². The zero-order valence-electron chi connectivity index (χ0n) is 19.1. The van der Waals surface area contributed by atoms with E-state index in [2.05, 4.69) is 10.0 Å². The molecular weight excluding hydrogens is 452 g/mol. The molecule has 0 unspecified atom stereocenters. The smallest absolute Gasteiger partial charge is 0.240 e. The van der Waals surface area contributed by atoms with Crippen LogP contribution in [0, 0.1) is 6.92 Å². The Kier molecular flexibility index (Phi) is 5.58. The average Bonchev–Trinajstić information content (AvgIpc) is 3.51. The molecule has 2 N–H and O–H groups in total. The third kappa shape index (κ3) is 4.03. The van der Waals surface area contributed by atoms with Crippen molar-refractivity contribution in [2.45, 2.75) is 37.0 Å². The van der Waals surface area contributed by atoms with E-state index >= 15 is 0 Å². The molecule has 2 aliphatic rings. The molecule has 0 bridgehead atoms. The number of ether oxygens (including phenoxy) is 2. The first-order valence-electron chi connectivity index (χ1n) is 11.2. The van der Waals surface area contributed by atoms with Crippen LogP contribution in [0.1, 0.15) is 32.3 Å². The van der Waals surface area contributed by atoms with Crippen LogP contribution in [0.3, 0.4) is 0 Å². The van der Waals surface area contributed by atoms with Crippen molar-refractivity contribution in [3.8, 4) is 22.6 Å². The summed E-state index contributed by atoms with van der Waals surface area (Å²) in [6.45, 7) is 4.26. The fraction of sp³-hybridized carbons (Fsp3) is 0.269. The van der Waals surface area contributed by atoms with Crippen LogP contribution in [-0.4, -0.2) is 27.7 Å². The van der Waals surface area contributed by atoms with Crippen LogP contribution in [0.4, 0.5) is 5.69 Å². The highest BCUT2D eigenvalue weighted by Crippen LogP contribution is 2.51. The summed E-state index contributed by atoms with van der Waals surface area (Å²) < 4.78 is 37.8. The van der Waals surface area contributed by atoms with E-state index in [0.717, 1.165) is 35.1 Å². The molecule has 0 radical (unpaired) electrons. The Morgan fingerprint density at radius 2 is 1.74 bits per heavy atom. The normalized spacial score (nSPS) is 15.7. The SMILES string of the molecule is CCNS(=O)(=O)c1ccc(-c2cc(NC(=O)C3(c4ccc5c(c4)OCO5)CC3)ccc2C)cc1.[HH].